The minimum Gasteiger partial charge on any atom is -0.221 e. The van der Waals surface area contributed by atoms with Crippen molar-refractivity contribution in [2.24, 2.45) is 23.2 Å². The summed E-state index contributed by atoms with van der Waals surface area (Å²) >= 11 is 0. The Kier molecular flexibility index (Phi) is 3.57. The van der Waals surface area contributed by atoms with Gasteiger partial charge in [-0.3, -0.25) is 0 Å². The predicted molar refractivity (Wildman–Crippen MR) is 81.7 cm³/mol. The number of hydrogen-bond donors (Lipinski definition) is 0. The molecule has 2 fully saturated rings. The Balaban J connectivity index is 1.63. The molecule has 1 heterocycles. The minimum absolute atomic E-state index is 0.565. The van der Waals surface area contributed by atoms with Gasteiger partial charge in [-0.25, -0.2) is 4.58 Å². The van der Waals surface area contributed by atoms with Crippen LogP contribution in [0, 0.1) is 23.2 Å². The summed E-state index contributed by atoms with van der Waals surface area (Å²) in [5, 5.41) is 0. The fourth-order valence-corrected chi connectivity index (χ4v) is 4.33. The molecule has 0 aromatic heterocycles. The van der Waals surface area contributed by atoms with Crippen LogP contribution in [0.4, 0.5) is 0 Å². The first-order chi connectivity index (χ1) is 9.16. The molecule has 19 heavy (non-hydrogen) atoms. The number of nitrogens with zero attached hydrogens (tertiary/aromatic N) is 1. The summed E-state index contributed by atoms with van der Waals surface area (Å²) in [6.07, 6.45) is 16.1. The summed E-state index contributed by atoms with van der Waals surface area (Å²) in [6.45, 7) is 8.24. The van der Waals surface area contributed by atoms with Gasteiger partial charge in [0.2, 0.25) is 12.8 Å². The van der Waals surface area contributed by atoms with Crippen molar-refractivity contribution < 1.29 is 4.58 Å². The molecule has 1 nitrogen and oxygen atoms in total. The van der Waals surface area contributed by atoms with E-state index >= 15 is 0 Å². The van der Waals surface area contributed by atoms with Gasteiger partial charge in [-0.1, -0.05) is 45.3 Å². The van der Waals surface area contributed by atoms with Gasteiger partial charge in [-0.15, -0.1) is 0 Å². The fraction of sp³-hybridized carbons (Fsp3) is 0.833. The number of hydrogen-bond acceptors (Lipinski definition) is 0. The summed E-state index contributed by atoms with van der Waals surface area (Å²) in [5.41, 5.74) is 0.565. The second kappa shape index (κ2) is 5.07. The first-order valence-electron chi connectivity index (χ1n) is 8.39. The molecule has 3 atom stereocenters. The van der Waals surface area contributed by atoms with E-state index in [0.29, 0.717) is 5.41 Å². The Morgan fingerprint density at radius 2 is 2.11 bits per heavy atom. The van der Waals surface area contributed by atoms with Crippen LogP contribution in [0.3, 0.4) is 0 Å². The van der Waals surface area contributed by atoms with Gasteiger partial charge in [-0.2, -0.15) is 0 Å². The first-order valence-corrected chi connectivity index (χ1v) is 8.39. The van der Waals surface area contributed by atoms with Crippen LogP contribution in [0.15, 0.2) is 12.2 Å². The summed E-state index contributed by atoms with van der Waals surface area (Å²) in [4.78, 5) is 0. The van der Waals surface area contributed by atoms with E-state index in [1.54, 1.807) is 0 Å². The first kappa shape index (κ1) is 13.4. The summed E-state index contributed by atoms with van der Waals surface area (Å²) in [7, 11) is 0. The lowest BCUT2D eigenvalue weighted by Crippen LogP contribution is -2.28. The van der Waals surface area contributed by atoms with E-state index in [0.717, 1.165) is 23.8 Å². The Morgan fingerprint density at radius 1 is 1.37 bits per heavy atom. The third-order valence-corrected chi connectivity index (χ3v) is 5.79. The van der Waals surface area contributed by atoms with Gasteiger partial charge in [0.15, 0.2) is 6.04 Å². The molecule has 1 heteroatoms. The van der Waals surface area contributed by atoms with Crippen LogP contribution >= 0.6 is 0 Å². The second-order valence-corrected chi connectivity index (χ2v) is 7.49. The molecular formula is C18H30N+. The van der Waals surface area contributed by atoms with E-state index in [2.05, 4.69) is 43.7 Å². The molecule has 3 aliphatic rings. The van der Waals surface area contributed by atoms with E-state index in [4.69, 9.17) is 0 Å². The molecule has 106 valence electrons. The Hall–Kier alpha value is -0.590. The third-order valence-electron chi connectivity index (χ3n) is 5.79. The highest BCUT2D eigenvalue weighted by molar-refractivity contribution is 5.61. The highest BCUT2D eigenvalue weighted by atomic mass is 15.2. The van der Waals surface area contributed by atoms with E-state index in [9.17, 15) is 0 Å². The van der Waals surface area contributed by atoms with Crippen LogP contribution in [0.5, 0.6) is 0 Å². The molecule has 0 N–H and O–H groups in total. The fourth-order valence-electron chi connectivity index (χ4n) is 4.33. The molecule has 2 aliphatic carbocycles. The van der Waals surface area contributed by atoms with Crippen molar-refractivity contribution in [2.45, 2.75) is 65.3 Å². The van der Waals surface area contributed by atoms with Gasteiger partial charge < -0.3 is 0 Å². The smallest absolute Gasteiger partial charge is 0.218 e. The van der Waals surface area contributed by atoms with Gasteiger partial charge in [0.25, 0.3) is 0 Å². The zero-order chi connectivity index (χ0) is 13.5. The topological polar surface area (TPSA) is 3.01 Å². The molecular weight excluding hydrogens is 230 g/mol. The molecule has 1 aliphatic heterocycles. The monoisotopic (exact) mass is 260 g/mol. The average molecular weight is 260 g/mol. The van der Waals surface area contributed by atoms with Gasteiger partial charge in [-0.05, 0) is 37.5 Å². The Labute approximate surface area is 118 Å². The number of rotatable bonds is 7. The maximum absolute atomic E-state index is 2.59. The Morgan fingerprint density at radius 3 is 2.58 bits per heavy atom. The van der Waals surface area contributed by atoms with Gasteiger partial charge in [0.1, 0.15) is 0 Å². The molecule has 0 aromatic carbocycles. The quantitative estimate of drug-likeness (QED) is 0.475. The van der Waals surface area contributed by atoms with Crippen molar-refractivity contribution in [1.82, 2.24) is 0 Å². The van der Waals surface area contributed by atoms with Gasteiger partial charge in [0, 0.05) is 11.8 Å². The van der Waals surface area contributed by atoms with Crippen LogP contribution in [-0.4, -0.2) is 23.4 Å². The van der Waals surface area contributed by atoms with Crippen molar-refractivity contribution in [3.05, 3.63) is 12.2 Å². The third kappa shape index (κ3) is 2.66. The SMILES string of the molecule is CC=CC1(CCC2CCC2)CC1C(C(C)C)[N+]1=CC1. The van der Waals surface area contributed by atoms with Crippen molar-refractivity contribution in [3.63, 3.8) is 0 Å². The van der Waals surface area contributed by atoms with Crippen molar-refractivity contribution in [2.75, 3.05) is 6.54 Å². The standard InChI is InChI=1S/C18H30N/c1-4-9-18(10-8-15-6-5-7-15)13-16(18)17(14(2)3)19-11-12-19/h4,9,11,14-17H,5-8,10,12-13H2,1-3H3/q+1. The highest BCUT2D eigenvalue weighted by Gasteiger charge is 2.60. The van der Waals surface area contributed by atoms with Crippen LogP contribution in [0.2, 0.25) is 0 Å². The van der Waals surface area contributed by atoms with E-state index in [1.807, 2.05) is 0 Å². The molecule has 0 radical (unpaired) electrons. The van der Waals surface area contributed by atoms with Crippen LogP contribution in [-0.2, 0) is 0 Å². The average Bonchev–Trinajstić information content (AvgIpc) is 3.17. The zero-order valence-corrected chi connectivity index (χ0v) is 12.9. The van der Waals surface area contributed by atoms with E-state index < -0.39 is 0 Å². The van der Waals surface area contributed by atoms with E-state index in [-0.39, 0.29) is 0 Å². The number of allylic oxidation sites excluding steroid dienone is 2. The highest BCUT2D eigenvalue weighted by Crippen LogP contribution is 2.61. The van der Waals surface area contributed by atoms with Gasteiger partial charge >= 0.3 is 0 Å². The molecule has 2 saturated carbocycles. The predicted octanol–water partition coefficient (Wildman–Crippen LogP) is 4.27. The molecule has 0 bridgehead atoms. The molecule has 0 saturated heterocycles. The maximum Gasteiger partial charge on any atom is 0.218 e. The van der Waals surface area contributed by atoms with E-state index in [1.165, 1.54) is 45.1 Å². The largest absolute Gasteiger partial charge is 0.221 e. The lowest BCUT2D eigenvalue weighted by molar-refractivity contribution is -0.499. The lowest BCUT2D eigenvalue weighted by atomic mass is 9.78. The lowest BCUT2D eigenvalue weighted by Gasteiger charge is -2.27. The normalized spacial score (nSPS) is 35.4. The minimum atomic E-state index is 0.565. The molecule has 3 rings (SSSR count). The van der Waals surface area contributed by atoms with Crippen molar-refractivity contribution in [1.29, 1.82) is 0 Å². The Bertz CT molecular complexity index is 388. The van der Waals surface area contributed by atoms with Gasteiger partial charge in [0.05, 0.1) is 0 Å². The van der Waals surface area contributed by atoms with Crippen molar-refractivity contribution >= 4 is 6.21 Å². The van der Waals surface area contributed by atoms with Crippen molar-refractivity contribution in [3.8, 4) is 0 Å². The molecule has 0 amide bonds. The maximum atomic E-state index is 2.59. The summed E-state index contributed by atoms with van der Waals surface area (Å²) < 4.78 is 2.59. The summed E-state index contributed by atoms with van der Waals surface area (Å²) in [6, 6.07) is 0.803. The summed E-state index contributed by atoms with van der Waals surface area (Å²) in [5.74, 6) is 2.77. The van der Waals surface area contributed by atoms with Crippen LogP contribution in [0.25, 0.3) is 0 Å². The van der Waals surface area contributed by atoms with Crippen LogP contribution < -0.4 is 0 Å². The molecule has 0 aromatic rings. The molecule has 0 spiro atoms. The molecule has 3 unspecified atom stereocenters. The van der Waals surface area contributed by atoms with Crippen LogP contribution in [0.1, 0.15) is 59.3 Å². The zero-order valence-electron chi connectivity index (χ0n) is 12.9. The second-order valence-electron chi connectivity index (χ2n) is 7.49.